The number of nitrogens with one attached hydrogen (secondary N) is 1. The largest absolute Gasteiger partial charge is 0.379 e. The SMILES string of the molecule is COC(C)(C)CC(C)NCC(C)S(C)=O. The van der Waals surface area contributed by atoms with E-state index in [-0.39, 0.29) is 10.9 Å². The van der Waals surface area contributed by atoms with Crippen LogP contribution in [0.15, 0.2) is 0 Å². The fourth-order valence-corrected chi connectivity index (χ4v) is 1.71. The van der Waals surface area contributed by atoms with Crippen molar-refractivity contribution in [2.24, 2.45) is 0 Å². The molecule has 0 fully saturated rings. The van der Waals surface area contributed by atoms with Crippen LogP contribution in [-0.2, 0) is 15.5 Å². The molecule has 3 nitrogen and oxygen atoms in total. The number of hydrogen-bond donors (Lipinski definition) is 1. The minimum absolute atomic E-state index is 0.0962. The van der Waals surface area contributed by atoms with Crippen molar-refractivity contribution in [3.8, 4) is 0 Å². The highest BCUT2D eigenvalue weighted by Gasteiger charge is 2.20. The summed E-state index contributed by atoms with van der Waals surface area (Å²) in [4.78, 5) is 0. The lowest BCUT2D eigenvalue weighted by Crippen LogP contribution is -2.39. The summed E-state index contributed by atoms with van der Waals surface area (Å²) in [5.41, 5.74) is -0.0962. The maximum absolute atomic E-state index is 11.1. The molecule has 1 N–H and O–H groups in total. The Morgan fingerprint density at radius 2 is 1.93 bits per heavy atom. The molecule has 3 unspecified atom stereocenters. The molecule has 0 aromatic carbocycles. The van der Waals surface area contributed by atoms with Crippen LogP contribution in [-0.4, -0.2) is 41.0 Å². The molecule has 0 amide bonds. The molecule has 0 heterocycles. The van der Waals surface area contributed by atoms with Crippen LogP contribution in [0.25, 0.3) is 0 Å². The lowest BCUT2D eigenvalue weighted by molar-refractivity contribution is 0.00865. The first-order valence-corrected chi connectivity index (χ1v) is 7.01. The summed E-state index contributed by atoms with van der Waals surface area (Å²) < 4.78 is 16.5. The van der Waals surface area contributed by atoms with Gasteiger partial charge in [-0.2, -0.15) is 0 Å². The Hall–Kier alpha value is 0.0700. The van der Waals surface area contributed by atoms with Crippen LogP contribution in [0.3, 0.4) is 0 Å². The van der Waals surface area contributed by atoms with Crippen molar-refractivity contribution in [1.82, 2.24) is 5.32 Å². The molecule has 0 saturated heterocycles. The van der Waals surface area contributed by atoms with Crippen LogP contribution in [0, 0.1) is 0 Å². The van der Waals surface area contributed by atoms with Gasteiger partial charge in [-0.15, -0.1) is 0 Å². The highest BCUT2D eigenvalue weighted by Crippen LogP contribution is 2.15. The summed E-state index contributed by atoms with van der Waals surface area (Å²) in [5.74, 6) is 0. The predicted octanol–water partition coefficient (Wildman–Crippen LogP) is 1.55. The smallest absolute Gasteiger partial charge is 0.0637 e. The van der Waals surface area contributed by atoms with E-state index in [9.17, 15) is 4.21 Å². The van der Waals surface area contributed by atoms with E-state index < -0.39 is 10.8 Å². The fourth-order valence-electron chi connectivity index (χ4n) is 1.38. The molecular formula is C11H25NO2S. The summed E-state index contributed by atoms with van der Waals surface area (Å²) in [6.45, 7) is 9.08. The van der Waals surface area contributed by atoms with Crippen LogP contribution in [0.1, 0.15) is 34.1 Å². The Labute approximate surface area is 96.4 Å². The van der Waals surface area contributed by atoms with Gasteiger partial charge in [-0.3, -0.25) is 4.21 Å². The van der Waals surface area contributed by atoms with Gasteiger partial charge in [0.15, 0.2) is 0 Å². The molecule has 3 atom stereocenters. The van der Waals surface area contributed by atoms with Gasteiger partial charge in [-0.25, -0.2) is 0 Å². The first-order valence-electron chi connectivity index (χ1n) is 5.39. The molecular weight excluding hydrogens is 210 g/mol. The Bertz CT molecular complexity index is 207. The zero-order valence-electron chi connectivity index (χ0n) is 10.8. The van der Waals surface area contributed by atoms with E-state index in [1.807, 2.05) is 6.92 Å². The molecule has 0 aliphatic rings. The Morgan fingerprint density at radius 1 is 1.40 bits per heavy atom. The molecule has 0 bridgehead atoms. The van der Waals surface area contributed by atoms with Crippen molar-refractivity contribution in [3.05, 3.63) is 0 Å². The minimum atomic E-state index is -0.745. The van der Waals surface area contributed by atoms with Gasteiger partial charge in [0.1, 0.15) is 0 Å². The highest BCUT2D eigenvalue weighted by atomic mass is 32.2. The van der Waals surface area contributed by atoms with Crippen LogP contribution in [0.4, 0.5) is 0 Å². The summed E-state index contributed by atoms with van der Waals surface area (Å²) in [6, 6.07) is 0.381. The van der Waals surface area contributed by atoms with Crippen molar-refractivity contribution in [2.45, 2.75) is 51.0 Å². The third-order valence-electron chi connectivity index (χ3n) is 2.67. The van der Waals surface area contributed by atoms with Gasteiger partial charge in [0.2, 0.25) is 0 Å². The predicted molar refractivity (Wildman–Crippen MR) is 66.7 cm³/mol. The zero-order valence-corrected chi connectivity index (χ0v) is 11.6. The van der Waals surface area contributed by atoms with Crippen LogP contribution < -0.4 is 5.32 Å². The lowest BCUT2D eigenvalue weighted by Gasteiger charge is -2.27. The van der Waals surface area contributed by atoms with Gasteiger partial charge in [-0.1, -0.05) is 0 Å². The molecule has 92 valence electrons. The van der Waals surface area contributed by atoms with Gasteiger partial charge < -0.3 is 10.1 Å². The first kappa shape index (κ1) is 15.1. The quantitative estimate of drug-likeness (QED) is 0.727. The van der Waals surface area contributed by atoms with Crippen LogP contribution in [0.5, 0.6) is 0 Å². The second-order valence-electron chi connectivity index (χ2n) is 4.79. The average molecular weight is 235 g/mol. The Kier molecular flexibility index (Phi) is 6.64. The molecule has 0 saturated carbocycles. The van der Waals surface area contributed by atoms with E-state index in [2.05, 4.69) is 26.1 Å². The number of ether oxygens (including phenoxy) is 1. The molecule has 0 spiro atoms. The van der Waals surface area contributed by atoms with Crippen molar-refractivity contribution < 1.29 is 8.95 Å². The third-order valence-corrected chi connectivity index (χ3v) is 3.97. The first-order chi connectivity index (χ1) is 6.78. The van der Waals surface area contributed by atoms with Gasteiger partial charge in [0.05, 0.1) is 5.60 Å². The highest BCUT2D eigenvalue weighted by molar-refractivity contribution is 7.84. The summed E-state index contributed by atoms with van der Waals surface area (Å²) >= 11 is 0. The Balaban J connectivity index is 3.85. The van der Waals surface area contributed by atoms with Crippen LogP contribution in [0.2, 0.25) is 0 Å². The zero-order chi connectivity index (χ0) is 12.1. The monoisotopic (exact) mass is 235 g/mol. The van der Waals surface area contributed by atoms with Crippen molar-refractivity contribution >= 4 is 10.8 Å². The molecule has 4 heteroatoms. The van der Waals surface area contributed by atoms with E-state index in [0.717, 1.165) is 13.0 Å². The standard InChI is InChI=1S/C11H25NO2S/c1-9(7-11(3,4)14-5)12-8-10(2)15(6)13/h9-10,12H,7-8H2,1-6H3. The van der Waals surface area contributed by atoms with Gasteiger partial charge in [-0.05, 0) is 34.1 Å². The van der Waals surface area contributed by atoms with E-state index in [0.29, 0.717) is 6.04 Å². The number of hydrogen-bond acceptors (Lipinski definition) is 3. The summed E-state index contributed by atoms with van der Waals surface area (Å²) in [6.07, 6.45) is 2.70. The van der Waals surface area contributed by atoms with E-state index in [4.69, 9.17) is 4.74 Å². The lowest BCUT2D eigenvalue weighted by atomic mass is 10.00. The minimum Gasteiger partial charge on any atom is -0.379 e. The van der Waals surface area contributed by atoms with Gasteiger partial charge in [0.25, 0.3) is 0 Å². The van der Waals surface area contributed by atoms with Crippen LogP contribution >= 0.6 is 0 Å². The second-order valence-corrected chi connectivity index (χ2v) is 6.59. The van der Waals surface area contributed by atoms with E-state index in [1.54, 1.807) is 13.4 Å². The summed E-state index contributed by atoms with van der Waals surface area (Å²) in [5, 5.41) is 3.59. The average Bonchev–Trinajstić information content (AvgIpc) is 2.13. The van der Waals surface area contributed by atoms with E-state index in [1.165, 1.54) is 0 Å². The molecule has 0 aliphatic heterocycles. The molecule has 0 aliphatic carbocycles. The van der Waals surface area contributed by atoms with Gasteiger partial charge >= 0.3 is 0 Å². The summed E-state index contributed by atoms with van der Waals surface area (Å²) in [7, 11) is 0.987. The van der Waals surface area contributed by atoms with E-state index >= 15 is 0 Å². The van der Waals surface area contributed by atoms with Crippen molar-refractivity contribution in [3.63, 3.8) is 0 Å². The van der Waals surface area contributed by atoms with Gasteiger partial charge in [0, 0.05) is 42.0 Å². The maximum Gasteiger partial charge on any atom is 0.0637 e. The fraction of sp³-hybridized carbons (Fsp3) is 1.00. The molecule has 0 aromatic heterocycles. The number of rotatable bonds is 7. The molecule has 0 aromatic rings. The topological polar surface area (TPSA) is 38.3 Å². The molecule has 0 rings (SSSR count). The third kappa shape index (κ3) is 7.03. The maximum atomic E-state index is 11.1. The normalized spacial score (nSPS) is 18.5. The van der Waals surface area contributed by atoms with Crippen molar-refractivity contribution in [1.29, 1.82) is 0 Å². The molecule has 0 radical (unpaired) electrons. The van der Waals surface area contributed by atoms with Crippen molar-refractivity contribution in [2.75, 3.05) is 19.9 Å². The number of methoxy groups -OCH3 is 1. The Morgan fingerprint density at radius 3 is 2.33 bits per heavy atom. The molecule has 15 heavy (non-hydrogen) atoms. The second kappa shape index (κ2) is 6.61.